The number of benzene rings is 1. The topological polar surface area (TPSA) is 69.9 Å². The van der Waals surface area contributed by atoms with Gasteiger partial charge in [-0.05, 0) is 31.7 Å². The van der Waals surface area contributed by atoms with Crippen molar-refractivity contribution in [3.05, 3.63) is 34.4 Å². The SMILES string of the molecule is C[C@H]1CCCN(C(=O)[C@H](C)N2CCN(c3ccccc3[N+](=O)[O-])CC2)C1. The molecule has 1 aromatic carbocycles. The largest absolute Gasteiger partial charge is 0.363 e. The minimum absolute atomic E-state index is 0.131. The Kier molecular flexibility index (Phi) is 5.76. The van der Waals surface area contributed by atoms with E-state index in [0.717, 1.165) is 32.6 Å². The van der Waals surface area contributed by atoms with Crippen molar-refractivity contribution in [2.75, 3.05) is 44.2 Å². The van der Waals surface area contributed by atoms with Crippen LogP contribution in [-0.4, -0.2) is 65.9 Å². The van der Waals surface area contributed by atoms with Crippen LogP contribution >= 0.6 is 0 Å². The van der Waals surface area contributed by atoms with E-state index in [4.69, 9.17) is 0 Å². The lowest BCUT2D eigenvalue weighted by Crippen LogP contribution is -2.55. The summed E-state index contributed by atoms with van der Waals surface area (Å²) in [6.07, 6.45) is 2.29. The van der Waals surface area contributed by atoms with E-state index in [1.54, 1.807) is 18.2 Å². The van der Waals surface area contributed by atoms with Gasteiger partial charge in [-0.1, -0.05) is 19.1 Å². The van der Waals surface area contributed by atoms with E-state index in [-0.39, 0.29) is 22.6 Å². The summed E-state index contributed by atoms with van der Waals surface area (Å²) in [5.41, 5.74) is 0.813. The number of hydrogen-bond acceptors (Lipinski definition) is 5. The van der Waals surface area contributed by atoms with Gasteiger partial charge in [0.2, 0.25) is 5.91 Å². The van der Waals surface area contributed by atoms with E-state index in [1.807, 2.05) is 17.9 Å². The quantitative estimate of drug-likeness (QED) is 0.609. The molecule has 7 nitrogen and oxygen atoms in total. The lowest BCUT2D eigenvalue weighted by Gasteiger charge is -2.40. The van der Waals surface area contributed by atoms with Gasteiger partial charge in [0.15, 0.2) is 0 Å². The second-order valence-corrected chi connectivity index (χ2v) is 7.48. The standard InChI is InChI=1S/C19H28N4O3/c1-15-6-5-9-22(14-15)19(24)16(2)20-10-12-21(13-11-20)17-7-3-4-8-18(17)23(25)26/h3-4,7-8,15-16H,5-6,9-14H2,1-2H3/t15-,16-/m0/s1. The molecule has 2 saturated heterocycles. The molecule has 0 N–H and O–H groups in total. The maximum absolute atomic E-state index is 12.8. The molecule has 26 heavy (non-hydrogen) atoms. The van der Waals surface area contributed by atoms with Crippen LogP contribution in [0.1, 0.15) is 26.7 Å². The minimum Gasteiger partial charge on any atom is -0.363 e. The van der Waals surface area contributed by atoms with E-state index in [0.29, 0.717) is 24.7 Å². The number of nitro benzene ring substituents is 1. The number of nitro groups is 1. The fraction of sp³-hybridized carbons (Fsp3) is 0.632. The lowest BCUT2D eigenvalue weighted by atomic mass is 9.99. The third-order valence-corrected chi connectivity index (χ3v) is 5.61. The molecule has 2 fully saturated rings. The molecule has 2 aliphatic heterocycles. The summed E-state index contributed by atoms with van der Waals surface area (Å²) >= 11 is 0. The Morgan fingerprint density at radius 3 is 2.54 bits per heavy atom. The highest BCUT2D eigenvalue weighted by molar-refractivity contribution is 5.81. The van der Waals surface area contributed by atoms with Crippen molar-refractivity contribution in [1.29, 1.82) is 0 Å². The average Bonchev–Trinajstić information content (AvgIpc) is 2.67. The van der Waals surface area contributed by atoms with Gasteiger partial charge in [0.05, 0.1) is 11.0 Å². The second-order valence-electron chi connectivity index (χ2n) is 7.48. The summed E-state index contributed by atoms with van der Waals surface area (Å²) in [5, 5.41) is 11.2. The fourth-order valence-electron chi connectivity index (χ4n) is 4.05. The Morgan fingerprint density at radius 2 is 1.88 bits per heavy atom. The summed E-state index contributed by atoms with van der Waals surface area (Å²) < 4.78 is 0. The molecule has 1 amide bonds. The number of rotatable bonds is 4. The summed E-state index contributed by atoms with van der Waals surface area (Å²) in [6, 6.07) is 6.74. The zero-order chi connectivity index (χ0) is 18.7. The number of nitrogens with zero attached hydrogens (tertiary/aromatic N) is 4. The summed E-state index contributed by atoms with van der Waals surface area (Å²) in [6.45, 7) is 8.78. The van der Waals surface area contributed by atoms with Crippen molar-refractivity contribution >= 4 is 17.3 Å². The number of carbonyl (C=O) groups excluding carboxylic acids is 1. The van der Waals surface area contributed by atoms with Gasteiger partial charge < -0.3 is 9.80 Å². The van der Waals surface area contributed by atoms with Gasteiger partial charge in [0, 0.05) is 45.3 Å². The molecule has 2 aliphatic rings. The summed E-state index contributed by atoms with van der Waals surface area (Å²) in [5.74, 6) is 0.797. The number of piperidine rings is 1. The van der Waals surface area contributed by atoms with Gasteiger partial charge in [-0.3, -0.25) is 19.8 Å². The van der Waals surface area contributed by atoms with Crippen LogP contribution in [0.2, 0.25) is 0 Å². The summed E-state index contributed by atoms with van der Waals surface area (Å²) in [4.78, 5) is 30.0. The zero-order valence-electron chi connectivity index (χ0n) is 15.6. The third-order valence-electron chi connectivity index (χ3n) is 5.61. The van der Waals surface area contributed by atoms with E-state index >= 15 is 0 Å². The second kappa shape index (κ2) is 8.03. The van der Waals surface area contributed by atoms with Crippen molar-refractivity contribution in [2.24, 2.45) is 5.92 Å². The van der Waals surface area contributed by atoms with Gasteiger partial charge in [0.25, 0.3) is 5.69 Å². The van der Waals surface area contributed by atoms with Crippen LogP contribution < -0.4 is 4.90 Å². The number of carbonyl (C=O) groups is 1. The maximum Gasteiger partial charge on any atom is 0.292 e. The molecule has 0 aliphatic carbocycles. The average molecular weight is 360 g/mol. The predicted octanol–water partition coefficient (Wildman–Crippen LogP) is 2.36. The number of likely N-dealkylation sites (tertiary alicyclic amines) is 1. The molecular formula is C19H28N4O3. The molecule has 0 spiro atoms. The number of amides is 1. The molecule has 0 bridgehead atoms. The lowest BCUT2D eigenvalue weighted by molar-refractivity contribution is -0.384. The van der Waals surface area contributed by atoms with Gasteiger partial charge in [-0.15, -0.1) is 0 Å². The molecule has 0 aromatic heterocycles. The van der Waals surface area contributed by atoms with Gasteiger partial charge in [-0.2, -0.15) is 0 Å². The molecular weight excluding hydrogens is 332 g/mol. The first kappa shape index (κ1) is 18.6. The van der Waals surface area contributed by atoms with Crippen molar-refractivity contribution < 1.29 is 9.72 Å². The molecule has 142 valence electrons. The van der Waals surface area contributed by atoms with Crippen LogP contribution in [0.4, 0.5) is 11.4 Å². The molecule has 2 atom stereocenters. The maximum atomic E-state index is 12.8. The van der Waals surface area contributed by atoms with E-state index in [2.05, 4.69) is 16.7 Å². The molecule has 2 heterocycles. The normalized spacial score (nSPS) is 22.9. The third kappa shape index (κ3) is 3.98. The number of hydrogen-bond donors (Lipinski definition) is 0. The van der Waals surface area contributed by atoms with Crippen molar-refractivity contribution in [3.8, 4) is 0 Å². The van der Waals surface area contributed by atoms with Gasteiger partial charge in [0.1, 0.15) is 5.69 Å². The smallest absolute Gasteiger partial charge is 0.292 e. The van der Waals surface area contributed by atoms with E-state index in [1.165, 1.54) is 6.42 Å². The van der Waals surface area contributed by atoms with Crippen LogP contribution in [-0.2, 0) is 4.79 Å². The Bertz CT molecular complexity index is 658. The molecule has 0 saturated carbocycles. The first-order valence-electron chi connectivity index (χ1n) is 9.48. The first-order chi connectivity index (χ1) is 12.5. The van der Waals surface area contributed by atoms with E-state index < -0.39 is 0 Å². The molecule has 0 radical (unpaired) electrons. The Morgan fingerprint density at radius 1 is 1.19 bits per heavy atom. The molecule has 1 aromatic rings. The fourth-order valence-corrected chi connectivity index (χ4v) is 4.05. The summed E-state index contributed by atoms with van der Waals surface area (Å²) in [7, 11) is 0. The van der Waals surface area contributed by atoms with Gasteiger partial charge >= 0.3 is 0 Å². The monoisotopic (exact) mass is 360 g/mol. The van der Waals surface area contributed by atoms with Crippen LogP contribution in [0.5, 0.6) is 0 Å². The number of para-hydroxylation sites is 2. The zero-order valence-corrected chi connectivity index (χ0v) is 15.6. The van der Waals surface area contributed by atoms with Crippen LogP contribution in [0.15, 0.2) is 24.3 Å². The molecule has 3 rings (SSSR count). The Labute approximate surface area is 154 Å². The highest BCUT2D eigenvalue weighted by Crippen LogP contribution is 2.28. The molecule has 7 heteroatoms. The first-order valence-corrected chi connectivity index (χ1v) is 9.48. The highest BCUT2D eigenvalue weighted by atomic mass is 16.6. The van der Waals surface area contributed by atoms with Crippen molar-refractivity contribution in [2.45, 2.75) is 32.7 Å². The van der Waals surface area contributed by atoms with Crippen LogP contribution in [0.25, 0.3) is 0 Å². The Balaban J connectivity index is 1.60. The number of anilines is 1. The Hall–Kier alpha value is -2.15. The molecule has 0 unspecified atom stereocenters. The van der Waals surface area contributed by atoms with Crippen LogP contribution in [0, 0.1) is 16.0 Å². The minimum atomic E-state index is -0.328. The van der Waals surface area contributed by atoms with Crippen LogP contribution in [0.3, 0.4) is 0 Å². The highest BCUT2D eigenvalue weighted by Gasteiger charge is 2.31. The predicted molar refractivity (Wildman–Crippen MR) is 101 cm³/mol. The van der Waals surface area contributed by atoms with Crippen molar-refractivity contribution in [3.63, 3.8) is 0 Å². The number of piperazine rings is 1. The van der Waals surface area contributed by atoms with Gasteiger partial charge in [-0.25, -0.2) is 0 Å². The van der Waals surface area contributed by atoms with Crippen molar-refractivity contribution in [1.82, 2.24) is 9.80 Å². The van der Waals surface area contributed by atoms with E-state index in [9.17, 15) is 14.9 Å².